The van der Waals surface area contributed by atoms with Gasteiger partial charge in [-0.05, 0) is 89.9 Å². The fraction of sp³-hybridized carbons (Fsp3) is 0.691. The molecule has 0 saturated heterocycles. The molecular formula is C55H98N2O6P+. The third kappa shape index (κ3) is 47.4. The number of amides is 1. The smallest absolute Gasteiger partial charge is 0.387 e. The van der Waals surface area contributed by atoms with Crippen LogP contribution >= 0.6 is 7.82 Å². The molecule has 0 fully saturated rings. The van der Waals surface area contributed by atoms with Gasteiger partial charge in [-0.15, -0.1) is 0 Å². The van der Waals surface area contributed by atoms with Crippen molar-refractivity contribution in [3.05, 3.63) is 97.2 Å². The van der Waals surface area contributed by atoms with Gasteiger partial charge in [0.1, 0.15) is 13.2 Å². The van der Waals surface area contributed by atoms with Crippen LogP contribution in [0.15, 0.2) is 97.2 Å². The number of allylic oxidation sites excluding steroid dienone is 15. The van der Waals surface area contributed by atoms with Crippen LogP contribution in [0.3, 0.4) is 0 Å². The van der Waals surface area contributed by atoms with Gasteiger partial charge in [0, 0.05) is 6.42 Å². The second-order valence-electron chi connectivity index (χ2n) is 18.1. The van der Waals surface area contributed by atoms with Gasteiger partial charge >= 0.3 is 7.82 Å². The van der Waals surface area contributed by atoms with E-state index in [0.29, 0.717) is 17.4 Å². The molecule has 0 bridgehead atoms. The second kappa shape index (κ2) is 45.6. The van der Waals surface area contributed by atoms with E-state index in [0.717, 1.165) is 96.3 Å². The largest absolute Gasteiger partial charge is 0.472 e. The van der Waals surface area contributed by atoms with Crippen molar-refractivity contribution in [3.63, 3.8) is 0 Å². The zero-order valence-corrected chi connectivity index (χ0v) is 42.6. The number of hydrogen-bond donors (Lipinski definition) is 3. The molecule has 0 aromatic heterocycles. The Hall–Kier alpha value is -2.58. The number of phosphoric acid groups is 1. The SMILES string of the molecule is CC/C=C\C/C=C\C/C=C\C/C=C\C/C=C\CCCCCCCC(=O)NC(COP(=O)(O)OCC[N+](C)(C)C)C(O)/C=C/CC/C=C/CC/C=C/CCCCCCCCCCCCC. The molecule has 1 amide bonds. The Kier molecular flexibility index (Phi) is 43.7. The van der Waals surface area contributed by atoms with Gasteiger partial charge in [-0.25, -0.2) is 4.57 Å². The Bertz CT molecular complexity index is 1360. The molecule has 8 nitrogen and oxygen atoms in total. The number of unbranched alkanes of at least 4 members (excludes halogenated alkanes) is 18. The lowest BCUT2D eigenvalue weighted by molar-refractivity contribution is -0.870. The number of phosphoric ester groups is 1. The predicted octanol–water partition coefficient (Wildman–Crippen LogP) is 15.1. The molecule has 0 aromatic carbocycles. The van der Waals surface area contributed by atoms with E-state index in [-0.39, 0.29) is 19.1 Å². The second-order valence-corrected chi connectivity index (χ2v) is 19.6. The van der Waals surface area contributed by atoms with Crippen molar-refractivity contribution in [1.82, 2.24) is 5.32 Å². The fourth-order valence-corrected chi connectivity index (χ4v) is 7.48. The Balaban J connectivity index is 4.47. The highest BCUT2D eigenvalue weighted by Crippen LogP contribution is 2.43. The summed E-state index contributed by atoms with van der Waals surface area (Å²) in [5, 5.41) is 13.9. The summed E-state index contributed by atoms with van der Waals surface area (Å²) in [7, 11) is 1.52. The first-order chi connectivity index (χ1) is 31.0. The van der Waals surface area contributed by atoms with Crippen LogP contribution in [0.2, 0.25) is 0 Å². The molecule has 0 saturated carbocycles. The van der Waals surface area contributed by atoms with E-state index >= 15 is 0 Å². The molecule has 0 spiro atoms. The number of nitrogens with one attached hydrogen (secondary N) is 1. The first-order valence-corrected chi connectivity index (χ1v) is 27.1. The molecule has 0 aliphatic heterocycles. The zero-order chi connectivity index (χ0) is 47.1. The quantitative estimate of drug-likeness (QED) is 0.0243. The summed E-state index contributed by atoms with van der Waals surface area (Å²) >= 11 is 0. The fourth-order valence-electron chi connectivity index (χ4n) is 6.75. The van der Waals surface area contributed by atoms with Gasteiger partial charge in [-0.3, -0.25) is 13.8 Å². The van der Waals surface area contributed by atoms with Gasteiger partial charge < -0.3 is 19.8 Å². The van der Waals surface area contributed by atoms with E-state index in [9.17, 15) is 19.4 Å². The zero-order valence-electron chi connectivity index (χ0n) is 41.7. The highest BCUT2D eigenvalue weighted by atomic mass is 31.2. The standard InChI is InChI=1S/C55H97N2O6P/c1-6-8-10-12-14-16-18-20-22-24-26-28-30-32-34-36-38-40-42-44-46-48-54(58)53(52-63-64(60,61)62-51-50-57(3,4)5)56-55(59)49-47-45-43-41-39-37-35-33-31-29-27-25-23-21-19-17-15-13-11-9-7-2/h9,11,15,17,21,23,27,29-30,32-33,35,38,40,46,48,53-54,58H,6-8,10,12-14,16,18-20,22,24-26,28,31,34,36-37,39,41-45,47,49-52H2,1-5H3,(H-,56,59,60,61)/p+1/b11-9-,17-15-,23-21-,29-27-,32-30+,35-33-,40-38+,48-46+. The van der Waals surface area contributed by atoms with Gasteiger partial charge in [-0.2, -0.15) is 0 Å². The molecule has 0 rings (SSSR count). The average molecular weight is 914 g/mol. The maximum absolute atomic E-state index is 12.9. The Morgan fingerprint density at radius 3 is 1.44 bits per heavy atom. The van der Waals surface area contributed by atoms with Crippen LogP contribution in [-0.2, 0) is 18.4 Å². The first-order valence-electron chi connectivity index (χ1n) is 25.6. The molecule has 3 atom stereocenters. The van der Waals surface area contributed by atoms with Gasteiger partial charge in [0.2, 0.25) is 5.91 Å². The monoisotopic (exact) mass is 914 g/mol. The average Bonchev–Trinajstić information content (AvgIpc) is 3.25. The normalized spacial score (nSPS) is 14.9. The lowest BCUT2D eigenvalue weighted by Crippen LogP contribution is -2.45. The number of likely N-dealkylation sites (N-methyl/N-ethyl adjacent to an activating group) is 1. The topological polar surface area (TPSA) is 105 Å². The molecule has 3 unspecified atom stereocenters. The Morgan fingerprint density at radius 2 is 0.953 bits per heavy atom. The van der Waals surface area contributed by atoms with Crippen LogP contribution in [-0.4, -0.2) is 73.4 Å². The molecule has 3 N–H and O–H groups in total. The van der Waals surface area contributed by atoms with E-state index in [1.165, 1.54) is 77.0 Å². The molecular weight excluding hydrogens is 816 g/mol. The summed E-state index contributed by atoms with van der Waals surface area (Å²) in [6, 6.07) is -0.887. The maximum Gasteiger partial charge on any atom is 0.472 e. The number of nitrogens with zero attached hydrogens (tertiary/aromatic N) is 1. The number of rotatable bonds is 45. The Labute approximate surface area is 394 Å². The van der Waals surface area contributed by atoms with E-state index in [1.807, 2.05) is 27.2 Å². The molecule has 64 heavy (non-hydrogen) atoms. The number of aliphatic hydroxyl groups is 1. The number of aliphatic hydroxyl groups excluding tert-OH is 1. The summed E-state index contributed by atoms with van der Waals surface area (Å²) in [6.45, 7) is 4.64. The van der Waals surface area contributed by atoms with Crippen molar-refractivity contribution in [3.8, 4) is 0 Å². The molecule has 0 aliphatic carbocycles. The summed E-state index contributed by atoms with van der Waals surface area (Å²) < 4.78 is 23.6. The van der Waals surface area contributed by atoms with Gasteiger partial charge in [0.05, 0.1) is 39.9 Å². The Morgan fingerprint density at radius 1 is 0.547 bits per heavy atom. The number of carbonyl (C=O) groups is 1. The summed E-state index contributed by atoms with van der Waals surface area (Å²) in [5.41, 5.74) is 0. The van der Waals surface area contributed by atoms with Crippen LogP contribution < -0.4 is 5.32 Å². The van der Waals surface area contributed by atoms with Gasteiger partial charge in [0.25, 0.3) is 0 Å². The van der Waals surface area contributed by atoms with Crippen LogP contribution in [0.1, 0.15) is 194 Å². The van der Waals surface area contributed by atoms with E-state index in [2.05, 4.69) is 104 Å². The highest BCUT2D eigenvalue weighted by Gasteiger charge is 2.27. The van der Waals surface area contributed by atoms with E-state index in [1.54, 1.807) is 6.08 Å². The first kappa shape index (κ1) is 61.4. The van der Waals surface area contributed by atoms with Crippen molar-refractivity contribution >= 4 is 13.7 Å². The summed E-state index contributed by atoms with van der Waals surface area (Å²) in [4.78, 5) is 23.2. The maximum atomic E-state index is 12.9. The molecule has 0 heterocycles. The molecule has 0 aromatic rings. The van der Waals surface area contributed by atoms with Crippen molar-refractivity contribution in [2.75, 3.05) is 40.9 Å². The molecule has 0 radical (unpaired) electrons. The van der Waals surface area contributed by atoms with Crippen LogP contribution in [0.5, 0.6) is 0 Å². The number of hydrogen-bond acceptors (Lipinski definition) is 5. The number of quaternary nitrogens is 1. The van der Waals surface area contributed by atoms with E-state index < -0.39 is 20.0 Å². The summed E-state index contributed by atoms with van der Waals surface area (Å²) in [6.07, 6.45) is 64.9. The third-order valence-electron chi connectivity index (χ3n) is 10.8. The minimum absolute atomic E-state index is 0.0440. The van der Waals surface area contributed by atoms with E-state index in [4.69, 9.17) is 9.05 Å². The van der Waals surface area contributed by atoms with Crippen molar-refractivity contribution in [2.45, 2.75) is 206 Å². The molecule has 0 aliphatic rings. The molecule has 368 valence electrons. The van der Waals surface area contributed by atoms with Crippen molar-refractivity contribution in [1.29, 1.82) is 0 Å². The van der Waals surface area contributed by atoms with Gasteiger partial charge in [0.15, 0.2) is 0 Å². The highest BCUT2D eigenvalue weighted by molar-refractivity contribution is 7.47. The van der Waals surface area contributed by atoms with Crippen LogP contribution in [0, 0.1) is 0 Å². The minimum atomic E-state index is -4.37. The lowest BCUT2D eigenvalue weighted by Gasteiger charge is -2.25. The van der Waals surface area contributed by atoms with Crippen molar-refractivity contribution in [2.24, 2.45) is 0 Å². The predicted molar refractivity (Wildman–Crippen MR) is 276 cm³/mol. The van der Waals surface area contributed by atoms with Crippen LogP contribution in [0.4, 0.5) is 0 Å². The number of carbonyl (C=O) groups excluding carboxylic acids is 1. The lowest BCUT2D eigenvalue weighted by atomic mass is 10.1. The molecule has 9 heteroatoms. The van der Waals surface area contributed by atoms with Crippen molar-refractivity contribution < 1.29 is 32.9 Å². The van der Waals surface area contributed by atoms with Crippen LogP contribution in [0.25, 0.3) is 0 Å². The summed E-state index contributed by atoms with van der Waals surface area (Å²) in [5.74, 6) is -0.214. The van der Waals surface area contributed by atoms with Gasteiger partial charge in [-0.1, -0.05) is 195 Å². The minimum Gasteiger partial charge on any atom is -0.387 e. The third-order valence-corrected chi connectivity index (χ3v) is 11.7.